The smallest absolute Gasteiger partial charge is 0.0958 e. The van der Waals surface area contributed by atoms with E-state index in [0.717, 1.165) is 16.5 Å². The number of hydrogen-bond donors (Lipinski definition) is 3. The Morgan fingerprint density at radius 3 is 3.07 bits per heavy atom. The van der Waals surface area contributed by atoms with E-state index in [-0.39, 0.29) is 6.04 Å². The van der Waals surface area contributed by atoms with Crippen LogP contribution in [0.2, 0.25) is 0 Å². The largest absolute Gasteiger partial charge is 0.387 e. The molecule has 0 saturated carbocycles. The molecule has 0 bridgehead atoms. The highest BCUT2D eigenvalue weighted by molar-refractivity contribution is 5.82. The molecule has 0 amide bonds. The van der Waals surface area contributed by atoms with Crippen molar-refractivity contribution in [2.24, 2.45) is 5.73 Å². The topological polar surface area (TPSA) is 74.9 Å². The predicted molar refractivity (Wildman–Crippen MR) is 54.7 cm³/mol. The first-order chi connectivity index (χ1) is 6.70. The Kier molecular flexibility index (Phi) is 2.23. The van der Waals surface area contributed by atoms with Gasteiger partial charge >= 0.3 is 0 Å². The molecule has 0 aliphatic carbocycles. The molecule has 2 atom stereocenters. The summed E-state index contributed by atoms with van der Waals surface area (Å²) in [5.41, 5.74) is 7.39. The standard InChI is InChI=1S/C10H13N3O/c1-6(11)10(14)8-4-13-9-5-12-3-2-7(8)9/h2-6,10,13-14H,11H2,1H3/t6-,10?/m0/s1. The molecular formula is C10H13N3O. The number of H-pyrrole nitrogens is 1. The van der Waals surface area contributed by atoms with Crippen LogP contribution in [0.25, 0.3) is 10.9 Å². The molecule has 4 heteroatoms. The van der Waals surface area contributed by atoms with E-state index in [1.165, 1.54) is 0 Å². The van der Waals surface area contributed by atoms with Crippen molar-refractivity contribution in [3.63, 3.8) is 0 Å². The molecule has 2 aromatic rings. The maximum absolute atomic E-state index is 9.82. The number of aliphatic hydroxyl groups excluding tert-OH is 1. The zero-order valence-corrected chi connectivity index (χ0v) is 7.94. The Bertz CT molecular complexity index is 436. The van der Waals surface area contributed by atoms with E-state index in [2.05, 4.69) is 9.97 Å². The number of pyridine rings is 1. The molecule has 4 N–H and O–H groups in total. The number of aromatic nitrogens is 2. The number of hydrogen-bond acceptors (Lipinski definition) is 3. The molecular weight excluding hydrogens is 178 g/mol. The summed E-state index contributed by atoms with van der Waals surface area (Å²) in [5.74, 6) is 0. The van der Waals surface area contributed by atoms with Crippen LogP contribution in [0.4, 0.5) is 0 Å². The van der Waals surface area contributed by atoms with Gasteiger partial charge in [-0.3, -0.25) is 4.98 Å². The SMILES string of the molecule is C[C@H](N)C(O)c1c[nH]c2cnccc12. The third-order valence-corrected chi connectivity index (χ3v) is 2.33. The minimum absolute atomic E-state index is 0.276. The molecule has 2 rings (SSSR count). The lowest BCUT2D eigenvalue weighted by Crippen LogP contribution is -2.24. The van der Waals surface area contributed by atoms with Crippen molar-refractivity contribution in [3.8, 4) is 0 Å². The predicted octanol–water partition coefficient (Wildman–Crippen LogP) is 0.944. The van der Waals surface area contributed by atoms with Crippen LogP contribution >= 0.6 is 0 Å². The first-order valence-electron chi connectivity index (χ1n) is 4.55. The third-order valence-electron chi connectivity index (χ3n) is 2.33. The Hall–Kier alpha value is -1.39. The van der Waals surface area contributed by atoms with Crippen LogP contribution in [0.5, 0.6) is 0 Å². The van der Waals surface area contributed by atoms with Crippen molar-refractivity contribution < 1.29 is 5.11 Å². The molecule has 2 heterocycles. The van der Waals surface area contributed by atoms with Gasteiger partial charge < -0.3 is 15.8 Å². The van der Waals surface area contributed by atoms with Gasteiger partial charge in [0, 0.05) is 29.4 Å². The summed E-state index contributed by atoms with van der Waals surface area (Å²) in [6.45, 7) is 1.78. The highest BCUT2D eigenvalue weighted by Crippen LogP contribution is 2.24. The molecule has 0 aliphatic heterocycles. The van der Waals surface area contributed by atoms with Gasteiger partial charge in [-0.1, -0.05) is 0 Å². The second-order valence-electron chi connectivity index (χ2n) is 3.47. The lowest BCUT2D eigenvalue weighted by atomic mass is 10.0. The lowest BCUT2D eigenvalue weighted by molar-refractivity contribution is 0.155. The van der Waals surface area contributed by atoms with Crippen LogP contribution in [-0.2, 0) is 0 Å². The molecule has 0 aromatic carbocycles. The van der Waals surface area contributed by atoms with E-state index in [0.29, 0.717) is 0 Å². The van der Waals surface area contributed by atoms with Crippen molar-refractivity contribution in [2.45, 2.75) is 19.1 Å². The molecule has 14 heavy (non-hydrogen) atoms. The molecule has 0 spiro atoms. The fourth-order valence-electron chi connectivity index (χ4n) is 1.52. The summed E-state index contributed by atoms with van der Waals surface area (Å²) < 4.78 is 0. The summed E-state index contributed by atoms with van der Waals surface area (Å²) in [4.78, 5) is 7.03. The Labute approximate surface area is 81.8 Å². The van der Waals surface area contributed by atoms with E-state index in [4.69, 9.17) is 5.73 Å². The van der Waals surface area contributed by atoms with Crippen LogP contribution in [0.3, 0.4) is 0 Å². The molecule has 0 radical (unpaired) electrons. The normalized spacial score (nSPS) is 15.6. The van der Waals surface area contributed by atoms with Gasteiger partial charge in [0.1, 0.15) is 0 Å². The van der Waals surface area contributed by atoms with Crippen molar-refractivity contribution >= 4 is 10.9 Å². The van der Waals surface area contributed by atoms with Gasteiger partial charge in [0.05, 0.1) is 17.8 Å². The summed E-state index contributed by atoms with van der Waals surface area (Å²) in [6, 6.07) is 1.59. The maximum Gasteiger partial charge on any atom is 0.0958 e. The third kappa shape index (κ3) is 1.38. The Morgan fingerprint density at radius 2 is 2.36 bits per heavy atom. The lowest BCUT2D eigenvalue weighted by Gasteiger charge is -2.13. The maximum atomic E-state index is 9.82. The van der Waals surface area contributed by atoms with Gasteiger partial charge in [-0.2, -0.15) is 0 Å². The molecule has 2 aromatic heterocycles. The number of nitrogens with zero attached hydrogens (tertiary/aromatic N) is 1. The fourth-order valence-corrected chi connectivity index (χ4v) is 1.52. The Morgan fingerprint density at radius 1 is 1.57 bits per heavy atom. The summed E-state index contributed by atoms with van der Waals surface area (Å²) in [6.07, 6.45) is 4.58. The van der Waals surface area contributed by atoms with Gasteiger partial charge in [0.25, 0.3) is 0 Å². The van der Waals surface area contributed by atoms with Crippen LogP contribution in [0.1, 0.15) is 18.6 Å². The second-order valence-corrected chi connectivity index (χ2v) is 3.47. The highest BCUT2D eigenvalue weighted by Gasteiger charge is 2.16. The Balaban J connectivity index is 2.53. The zero-order chi connectivity index (χ0) is 10.1. The first kappa shape index (κ1) is 9.18. The van der Waals surface area contributed by atoms with Crippen LogP contribution < -0.4 is 5.73 Å². The molecule has 0 aliphatic rings. The quantitative estimate of drug-likeness (QED) is 0.661. The minimum atomic E-state index is -0.633. The van der Waals surface area contributed by atoms with E-state index >= 15 is 0 Å². The van der Waals surface area contributed by atoms with Crippen molar-refractivity contribution in [2.75, 3.05) is 0 Å². The number of nitrogens with one attached hydrogen (secondary N) is 1. The highest BCUT2D eigenvalue weighted by atomic mass is 16.3. The van der Waals surface area contributed by atoms with E-state index in [1.807, 2.05) is 6.07 Å². The summed E-state index contributed by atoms with van der Waals surface area (Å²) in [7, 11) is 0. The summed E-state index contributed by atoms with van der Waals surface area (Å²) in [5, 5.41) is 10.8. The minimum Gasteiger partial charge on any atom is -0.387 e. The van der Waals surface area contributed by atoms with Crippen molar-refractivity contribution in [3.05, 3.63) is 30.2 Å². The van der Waals surface area contributed by atoms with Gasteiger partial charge in [-0.25, -0.2) is 0 Å². The van der Waals surface area contributed by atoms with Gasteiger partial charge in [-0.15, -0.1) is 0 Å². The van der Waals surface area contributed by atoms with Crippen LogP contribution in [0.15, 0.2) is 24.7 Å². The number of aliphatic hydroxyl groups is 1. The second kappa shape index (κ2) is 3.40. The summed E-state index contributed by atoms with van der Waals surface area (Å²) >= 11 is 0. The number of rotatable bonds is 2. The first-order valence-corrected chi connectivity index (χ1v) is 4.55. The number of fused-ring (bicyclic) bond motifs is 1. The van der Waals surface area contributed by atoms with Crippen LogP contribution in [0, 0.1) is 0 Å². The number of nitrogens with two attached hydrogens (primary N) is 1. The molecule has 4 nitrogen and oxygen atoms in total. The van der Waals surface area contributed by atoms with Crippen molar-refractivity contribution in [1.82, 2.24) is 9.97 Å². The molecule has 0 saturated heterocycles. The van der Waals surface area contributed by atoms with E-state index in [1.54, 1.807) is 25.5 Å². The fraction of sp³-hybridized carbons (Fsp3) is 0.300. The van der Waals surface area contributed by atoms with Gasteiger partial charge in [0.15, 0.2) is 0 Å². The monoisotopic (exact) mass is 191 g/mol. The average molecular weight is 191 g/mol. The molecule has 1 unspecified atom stereocenters. The van der Waals surface area contributed by atoms with Crippen LogP contribution in [-0.4, -0.2) is 21.1 Å². The molecule has 0 fully saturated rings. The zero-order valence-electron chi connectivity index (χ0n) is 7.94. The van der Waals surface area contributed by atoms with Gasteiger partial charge in [-0.05, 0) is 13.0 Å². The van der Waals surface area contributed by atoms with Gasteiger partial charge in [0.2, 0.25) is 0 Å². The van der Waals surface area contributed by atoms with Crippen molar-refractivity contribution in [1.29, 1.82) is 0 Å². The van der Waals surface area contributed by atoms with E-state index in [9.17, 15) is 5.11 Å². The molecule has 74 valence electrons. The number of aromatic amines is 1. The average Bonchev–Trinajstić information content (AvgIpc) is 2.60. The van der Waals surface area contributed by atoms with E-state index < -0.39 is 6.10 Å².